The Morgan fingerprint density at radius 3 is 2.62 bits per heavy atom. The molecule has 0 aliphatic heterocycles. The van der Waals surface area contributed by atoms with Gasteiger partial charge >= 0.3 is 11.9 Å². The van der Waals surface area contributed by atoms with E-state index in [9.17, 15) is 18.8 Å². The molecular formula is C14H16FNO5. The molecule has 114 valence electrons. The molecule has 0 saturated heterocycles. The molecule has 0 fully saturated rings. The van der Waals surface area contributed by atoms with Crippen LogP contribution in [0.15, 0.2) is 18.2 Å². The highest BCUT2D eigenvalue weighted by Gasteiger charge is 2.22. The maximum atomic E-state index is 13.1. The molecule has 0 saturated carbocycles. The fourth-order valence-corrected chi connectivity index (χ4v) is 1.70. The molecule has 1 unspecified atom stereocenters. The fourth-order valence-electron chi connectivity index (χ4n) is 1.70. The number of benzene rings is 1. The summed E-state index contributed by atoms with van der Waals surface area (Å²) in [6.45, 7) is 1.61. The molecule has 0 bridgehead atoms. The van der Waals surface area contributed by atoms with Gasteiger partial charge in [0.05, 0.1) is 7.11 Å². The third-order valence-electron chi connectivity index (χ3n) is 2.91. The minimum atomic E-state index is -1.28. The van der Waals surface area contributed by atoms with Crippen LogP contribution in [0.5, 0.6) is 0 Å². The number of carbonyl (C=O) groups excluding carboxylic acids is 2. The molecule has 21 heavy (non-hydrogen) atoms. The van der Waals surface area contributed by atoms with Crippen LogP contribution in [-0.2, 0) is 14.3 Å². The van der Waals surface area contributed by atoms with Gasteiger partial charge in [0.25, 0.3) is 5.91 Å². The first kappa shape index (κ1) is 16.6. The van der Waals surface area contributed by atoms with E-state index in [0.717, 1.165) is 6.07 Å². The molecular weight excluding hydrogens is 281 g/mol. The predicted molar refractivity (Wildman–Crippen MR) is 71.3 cm³/mol. The van der Waals surface area contributed by atoms with Crippen molar-refractivity contribution in [3.05, 3.63) is 35.1 Å². The van der Waals surface area contributed by atoms with Crippen molar-refractivity contribution in [3.8, 4) is 0 Å². The van der Waals surface area contributed by atoms with Gasteiger partial charge in [-0.15, -0.1) is 0 Å². The van der Waals surface area contributed by atoms with Gasteiger partial charge in [0.2, 0.25) is 0 Å². The lowest BCUT2D eigenvalue weighted by molar-refractivity contribution is -0.142. The maximum Gasteiger partial charge on any atom is 0.326 e. The first-order valence-corrected chi connectivity index (χ1v) is 6.21. The number of amides is 1. The number of carboxylic acid groups (broad SMARTS) is 1. The van der Waals surface area contributed by atoms with Crippen molar-refractivity contribution in [1.29, 1.82) is 0 Å². The van der Waals surface area contributed by atoms with Gasteiger partial charge in [0, 0.05) is 12.0 Å². The molecule has 0 aromatic heterocycles. The van der Waals surface area contributed by atoms with Gasteiger partial charge in [0.15, 0.2) is 0 Å². The van der Waals surface area contributed by atoms with Crippen molar-refractivity contribution in [2.75, 3.05) is 7.11 Å². The molecule has 1 amide bonds. The van der Waals surface area contributed by atoms with E-state index in [-0.39, 0.29) is 18.4 Å². The number of aryl methyl sites for hydroxylation is 1. The van der Waals surface area contributed by atoms with Crippen LogP contribution in [0.2, 0.25) is 0 Å². The highest BCUT2D eigenvalue weighted by atomic mass is 19.1. The Kier molecular flexibility index (Phi) is 5.83. The zero-order valence-electron chi connectivity index (χ0n) is 11.7. The topological polar surface area (TPSA) is 92.7 Å². The lowest BCUT2D eigenvalue weighted by Crippen LogP contribution is -2.41. The summed E-state index contributed by atoms with van der Waals surface area (Å²) in [5.74, 6) is -3.14. The molecule has 0 spiro atoms. The summed E-state index contributed by atoms with van der Waals surface area (Å²) in [6, 6.07) is 2.41. The zero-order valence-corrected chi connectivity index (χ0v) is 11.7. The minimum Gasteiger partial charge on any atom is -0.480 e. The number of hydrogen-bond acceptors (Lipinski definition) is 4. The maximum absolute atomic E-state index is 13.1. The summed E-state index contributed by atoms with van der Waals surface area (Å²) in [4.78, 5) is 34.1. The van der Waals surface area contributed by atoms with Crippen molar-refractivity contribution in [1.82, 2.24) is 5.32 Å². The standard InChI is InChI=1S/C14H16FNO5/c1-8-3-4-9(15)7-10(8)13(18)16-11(14(19)20)5-6-12(17)21-2/h3-4,7,11H,5-6H2,1-2H3,(H,16,18)(H,19,20). The minimum absolute atomic E-state index is 0.0549. The summed E-state index contributed by atoms with van der Waals surface area (Å²) < 4.78 is 17.6. The number of rotatable bonds is 6. The van der Waals surface area contributed by atoms with Crippen LogP contribution < -0.4 is 5.32 Å². The van der Waals surface area contributed by atoms with E-state index in [2.05, 4.69) is 10.1 Å². The molecule has 1 aromatic carbocycles. The zero-order chi connectivity index (χ0) is 16.0. The van der Waals surface area contributed by atoms with Crippen LogP contribution in [-0.4, -0.2) is 36.1 Å². The van der Waals surface area contributed by atoms with Crippen LogP contribution in [0.25, 0.3) is 0 Å². The first-order chi connectivity index (χ1) is 9.85. The van der Waals surface area contributed by atoms with Crippen molar-refractivity contribution >= 4 is 17.8 Å². The van der Waals surface area contributed by atoms with Gasteiger partial charge in [-0.2, -0.15) is 0 Å². The van der Waals surface area contributed by atoms with E-state index in [4.69, 9.17) is 5.11 Å². The number of ether oxygens (including phenoxy) is 1. The van der Waals surface area contributed by atoms with Gasteiger partial charge in [-0.25, -0.2) is 9.18 Å². The van der Waals surface area contributed by atoms with Crippen molar-refractivity contribution in [3.63, 3.8) is 0 Å². The molecule has 2 N–H and O–H groups in total. The van der Waals surface area contributed by atoms with Gasteiger partial charge in [0.1, 0.15) is 11.9 Å². The van der Waals surface area contributed by atoms with Crippen LogP contribution in [0.1, 0.15) is 28.8 Å². The smallest absolute Gasteiger partial charge is 0.326 e. The number of carboxylic acids is 1. The molecule has 7 heteroatoms. The third kappa shape index (κ3) is 4.87. The Hall–Kier alpha value is -2.44. The largest absolute Gasteiger partial charge is 0.480 e. The fraction of sp³-hybridized carbons (Fsp3) is 0.357. The molecule has 1 atom stereocenters. The molecule has 6 nitrogen and oxygen atoms in total. The molecule has 1 aromatic rings. The SMILES string of the molecule is COC(=O)CCC(NC(=O)c1cc(F)ccc1C)C(=O)O. The van der Waals surface area contributed by atoms with E-state index in [1.54, 1.807) is 6.92 Å². The van der Waals surface area contributed by atoms with Gasteiger partial charge in [-0.05, 0) is 31.0 Å². The lowest BCUT2D eigenvalue weighted by Gasteiger charge is -2.15. The predicted octanol–water partition coefficient (Wildman–Crippen LogP) is 1.27. The highest BCUT2D eigenvalue weighted by molar-refractivity contribution is 5.97. The number of nitrogens with one attached hydrogen (secondary N) is 1. The molecule has 0 aliphatic rings. The van der Waals surface area contributed by atoms with E-state index in [0.29, 0.717) is 5.56 Å². The van der Waals surface area contributed by atoms with Gasteiger partial charge < -0.3 is 15.2 Å². The summed E-state index contributed by atoms with van der Waals surface area (Å²) in [6.07, 6.45) is -0.252. The number of halogens is 1. The van der Waals surface area contributed by atoms with E-state index in [1.165, 1.54) is 19.2 Å². The Labute approximate surface area is 120 Å². The second kappa shape index (κ2) is 7.37. The second-order valence-electron chi connectivity index (χ2n) is 4.44. The molecule has 0 heterocycles. The summed E-state index contributed by atoms with van der Waals surface area (Å²) in [5, 5.41) is 11.3. The molecule has 0 aliphatic carbocycles. The van der Waals surface area contributed by atoms with Crippen molar-refractivity contribution in [2.45, 2.75) is 25.8 Å². The quantitative estimate of drug-likeness (QED) is 0.771. The van der Waals surface area contributed by atoms with Crippen LogP contribution >= 0.6 is 0 Å². The average Bonchev–Trinajstić information content (AvgIpc) is 2.44. The summed E-state index contributed by atoms with van der Waals surface area (Å²) in [7, 11) is 1.19. The van der Waals surface area contributed by atoms with Crippen molar-refractivity contribution in [2.24, 2.45) is 0 Å². The van der Waals surface area contributed by atoms with E-state index < -0.39 is 29.7 Å². The molecule has 0 radical (unpaired) electrons. The number of esters is 1. The Balaban J connectivity index is 2.79. The Morgan fingerprint density at radius 1 is 1.38 bits per heavy atom. The summed E-state index contributed by atoms with van der Waals surface area (Å²) in [5.41, 5.74) is 0.574. The Bertz CT molecular complexity index is 558. The lowest BCUT2D eigenvalue weighted by atomic mass is 10.1. The van der Waals surface area contributed by atoms with E-state index in [1.807, 2.05) is 0 Å². The van der Waals surface area contributed by atoms with E-state index >= 15 is 0 Å². The highest BCUT2D eigenvalue weighted by Crippen LogP contribution is 2.11. The number of carbonyl (C=O) groups is 3. The third-order valence-corrected chi connectivity index (χ3v) is 2.91. The van der Waals surface area contributed by atoms with Crippen LogP contribution in [0.3, 0.4) is 0 Å². The Morgan fingerprint density at radius 2 is 2.05 bits per heavy atom. The van der Waals surface area contributed by atoms with Crippen LogP contribution in [0, 0.1) is 12.7 Å². The second-order valence-corrected chi connectivity index (χ2v) is 4.44. The van der Waals surface area contributed by atoms with Gasteiger partial charge in [-0.3, -0.25) is 9.59 Å². The number of methoxy groups -OCH3 is 1. The first-order valence-electron chi connectivity index (χ1n) is 6.21. The average molecular weight is 297 g/mol. The monoisotopic (exact) mass is 297 g/mol. The molecule has 1 rings (SSSR count). The van der Waals surface area contributed by atoms with Crippen molar-refractivity contribution < 1.29 is 28.6 Å². The van der Waals surface area contributed by atoms with Gasteiger partial charge in [-0.1, -0.05) is 6.07 Å². The number of hydrogen-bond donors (Lipinski definition) is 2. The normalized spacial score (nSPS) is 11.6. The summed E-state index contributed by atoms with van der Waals surface area (Å²) >= 11 is 0. The van der Waals surface area contributed by atoms with Crippen LogP contribution in [0.4, 0.5) is 4.39 Å². The number of aliphatic carboxylic acids is 1.